The number of aryl methyl sites for hydroxylation is 1. The van der Waals surface area contributed by atoms with E-state index >= 15 is 0 Å². The molecule has 1 saturated heterocycles. The van der Waals surface area contributed by atoms with Gasteiger partial charge in [-0.3, -0.25) is 4.98 Å². The van der Waals surface area contributed by atoms with Crippen molar-refractivity contribution >= 4 is 11.8 Å². The first-order valence-electron chi connectivity index (χ1n) is 6.91. The third-order valence-corrected chi connectivity index (χ3v) is 5.50. The summed E-state index contributed by atoms with van der Waals surface area (Å²) < 4.78 is 0. The highest BCUT2D eigenvalue weighted by molar-refractivity contribution is 8.00. The van der Waals surface area contributed by atoms with Crippen LogP contribution in [0.2, 0.25) is 0 Å². The Hall–Kier alpha value is -0.540. The summed E-state index contributed by atoms with van der Waals surface area (Å²) in [5.41, 5.74) is 2.73. The molecule has 1 aromatic rings. The molecule has 2 rings (SSSR count). The molecule has 1 N–H and O–H groups in total. The highest BCUT2D eigenvalue weighted by Crippen LogP contribution is 2.31. The maximum absolute atomic E-state index is 4.14. The van der Waals surface area contributed by atoms with Gasteiger partial charge in [-0.1, -0.05) is 13.8 Å². The van der Waals surface area contributed by atoms with Crippen molar-refractivity contribution in [2.45, 2.75) is 44.9 Å². The van der Waals surface area contributed by atoms with Crippen molar-refractivity contribution in [3.8, 4) is 0 Å². The van der Waals surface area contributed by atoms with Gasteiger partial charge in [0.2, 0.25) is 0 Å². The van der Waals surface area contributed by atoms with Crippen molar-refractivity contribution in [1.82, 2.24) is 10.3 Å². The Morgan fingerprint density at radius 1 is 1.50 bits per heavy atom. The molecule has 2 atom stereocenters. The van der Waals surface area contributed by atoms with Crippen LogP contribution in [0.5, 0.6) is 0 Å². The molecular formula is C15H24N2S. The lowest BCUT2D eigenvalue weighted by molar-refractivity contribution is 0.490. The van der Waals surface area contributed by atoms with E-state index in [1.54, 1.807) is 0 Å². The predicted octanol–water partition coefficient (Wildman–Crippen LogP) is 3.05. The number of nitrogens with one attached hydrogen (secondary N) is 1. The molecule has 1 fully saturated rings. The largest absolute Gasteiger partial charge is 0.313 e. The molecule has 1 aliphatic heterocycles. The molecule has 100 valence electrons. The molecule has 1 aromatic heterocycles. The SMILES string of the molecule is Cc1cnccc1CCNC1CSC(C(C)C)C1. The van der Waals surface area contributed by atoms with Gasteiger partial charge in [0.05, 0.1) is 0 Å². The van der Waals surface area contributed by atoms with Crippen LogP contribution in [0.3, 0.4) is 0 Å². The van der Waals surface area contributed by atoms with E-state index in [1.807, 2.05) is 12.4 Å². The average Bonchev–Trinajstić information content (AvgIpc) is 2.80. The Balaban J connectivity index is 1.72. The van der Waals surface area contributed by atoms with Gasteiger partial charge in [0.25, 0.3) is 0 Å². The molecule has 1 aliphatic rings. The van der Waals surface area contributed by atoms with Crippen molar-refractivity contribution in [1.29, 1.82) is 0 Å². The molecule has 0 aromatic carbocycles. The zero-order chi connectivity index (χ0) is 13.0. The van der Waals surface area contributed by atoms with Crippen LogP contribution in [0.4, 0.5) is 0 Å². The molecule has 0 amide bonds. The minimum atomic E-state index is 0.713. The van der Waals surface area contributed by atoms with Crippen LogP contribution < -0.4 is 5.32 Å². The fraction of sp³-hybridized carbons (Fsp3) is 0.667. The normalized spacial score (nSPS) is 23.8. The smallest absolute Gasteiger partial charge is 0.0299 e. The van der Waals surface area contributed by atoms with E-state index in [0.717, 1.165) is 24.1 Å². The quantitative estimate of drug-likeness (QED) is 0.885. The molecule has 0 aliphatic carbocycles. The molecular weight excluding hydrogens is 240 g/mol. The van der Waals surface area contributed by atoms with Gasteiger partial charge in [0, 0.05) is 29.4 Å². The van der Waals surface area contributed by atoms with Gasteiger partial charge in [-0.05, 0) is 49.4 Å². The van der Waals surface area contributed by atoms with Crippen molar-refractivity contribution in [3.63, 3.8) is 0 Å². The van der Waals surface area contributed by atoms with E-state index in [9.17, 15) is 0 Å². The van der Waals surface area contributed by atoms with Gasteiger partial charge in [-0.2, -0.15) is 11.8 Å². The summed E-state index contributed by atoms with van der Waals surface area (Å²) >= 11 is 2.14. The maximum Gasteiger partial charge on any atom is 0.0299 e. The first kappa shape index (κ1) is 13.9. The van der Waals surface area contributed by atoms with Crippen LogP contribution in [0.25, 0.3) is 0 Å². The number of pyridine rings is 1. The molecule has 2 unspecified atom stereocenters. The van der Waals surface area contributed by atoms with Crippen molar-refractivity contribution in [3.05, 3.63) is 29.6 Å². The van der Waals surface area contributed by atoms with Gasteiger partial charge in [0.1, 0.15) is 0 Å². The van der Waals surface area contributed by atoms with Crippen LogP contribution in [0, 0.1) is 12.8 Å². The van der Waals surface area contributed by atoms with E-state index in [1.165, 1.54) is 23.3 Å². The van der Waals surface area contributed by atoms with Crippen LogP contribution in [0.1, 0.15) is 31.4 Å². The van der Waals surface area contributed by atoms with Crippen LogP contribution in [0.15, 0.2) is 18.5 Å². The van der Waals surface area contributed by atoms with Gasteiger partial charge in [-0.25, -0.2) is 0 Å². The van der Waals surface area contributed by atoms with Crippen LogP contribution in [-0.4, -0.2) is 28.6 Å². The zero-order valence-corrected chi connectivity index (χ0v) is 12.5. The van der Waals surface area contributed by atoms with Crippen LogP contribution >= 0.6 is 11.8 Å². The summed E-state index contributed by atoms with van der Waals surface area (Å²) in [7, 11) is 0. The summed E-state index contributed by atoms with van der Waals surface area (Å²) in [6.07, 6.45) is 6.29. The number of aromatic nitrogens is 1. The van der Waals surface area contributed by atoms with Crippen molar-refractivity contribution < 1.29 is 0 Å². The summed E-state index contributed by atoms with van der Waals surface area (Å²) in [6, 6.07) is 2.85. The van der Waals surface area contributed by atoms with E-state index in [0.29, 0.717) is 6.04 Å². The zero-order valence-electron chi connectivity index (χ0n) is 11.6. The standard InChI is InChI=1S/C15H24N2S/c1-11(2)15-8-14(10-18-15)17-7-5-13-4-6-16-9-12(13)3/h4,6,9,11,14-15,17H,5,7-8,10H2,1-3H3. The molecule has 2 nitrogen and oxygen atoms in total. The first-order valence-corrected chi connectivity index (χ1v) is 7.96. The number of hydrogen-bond donors (Lipinski definition) is 1. The van der Waals surface area contributed by atoms with Gasteiger partial charge >= 0.3 is 0 Å². The number of hydrogen-bond acceptors (Lipinski definition) is 3. The summed E-state index contributed by atoms with van der Waals surface area (Å²) in [5, 5.41) is 4.55. The number of rotatable bonds is 5. The van der Waals surface area contributed by atoms with E-state index in [4.69, 9.17) is 0 Å². The van der Waals surface area contributed by atoms with Crippen molar-refractivity contribution in [2.75, 3.05) is 12.3 Å². The van der Waals surface area contributed by atoms with E-state index in [-0.39, 0.29) is 0 Å². The highest BCUT2D eigenvalue weighted by Gasteiger charge is 2.26. The van der Waals surface area contributed by atoms with Gasteiger partial charge < -0.3 is 5.32 Å². The Labute approximate surface area is 115 Å². The molecule has 0 saturated carbocycles. The second-order valence-electron chi connectivity index (χ2n) is 5.55. The third kappa shape index (κ3) is 3.72. The summed E-state index contributed by atoms with van der Waals surface area (Å²) in [6.45, 7) is 7.89. The Morgan fingerprint density at radius 2 is 2.33 bits per heavy atom. The predicted molar refractivity (Wildman–Crippen MR) is 80.2 cm³/mol. The third-order valence-electron chi connectivity index (χ3n) is 3.74. The van der Waals surface area contributed by atoms with Crippen molar-refractivity contribution in [2.24, 2.45) is 5.92 Å². The monoisotopic (exact) mass is 264 g/mol. The number of thioether (sulfide) groups is 1. The van der Waals surface area contributed by atoms with Gasteiger partial charge in [-0.15, -0.1) is 0 Å². The molecule has 2 heterocycles. The lowest BCUT2D eigenvalue weighted by atomic mass is 10.0. The Morgan fingerprint density at radius 3 is 3.00 bits per heavy atom. The molecule has 0 radical (unpaired) electrons. The average molecular weight is 264 g/mol. The lowest BCUT2D eigenvalue weighted by Gasteiger charge is -2.15. The Kier molecular flexibility index (Phi) is 5.07. The summed E-state index contributed by atoms with van der Waals surface area (Å²) in [4.78, 5) is 4.14. The lowest BCUT2D eigenvalue weighted by Crippen LogP contribution is -2.31. The first-order chi connectivity index (χ1) is 8.66. The molecule has 0 spiro atoms. The minimum absolute atomic E-state index is 0.713. The maximum atomic E-state index is 4.14. The van der Waals surface area contributed by atoms with Gasteiger partial charge in [0.15, 0.2) is 0 Å². The van der Waals surface area contributed by atoms with E-state index in [2.05, 4.69) is 48.9 Å². The topological polar surface area (TPSA) is 24.9 Å². The molecule has 18 heavy (non-hydrogen) atoms. The highest BCUT2D eigenvalue weighted by atomic mass is 32.2. The van der Waals surface area contributed by atoms with E-state index < -0.39 is 0 Å². The summed E-state index contributed by atoms with van der Waals surface area (Å²) in [5.74, 6) is 2.09. The molecule has 3 heteroatoms. The van der Waals surface area contributed by atoms with Crippen LogP contribution in [-0.2, 0) is 6.42 Å². The second kappa shape index (κ2) is 6.58. The molecule has 0 bridgehead atoms. The minimum Gasteiger partial charge on any atom is -0.313 e. The second-order valence-corrected chi connectivity index (χ2v) is 6.83. The number of nitrogens with zero attached hydrogens (tertiary/aromatic N) is 1. The Bertz CT molecular complexity index is 379. The fourth-order valence-corrected chi connectivity index (χ4v) is 3.94. The fourth-order valence-electron chi connectivity index (χ4n) is 2.46.